The Morgan fingerprint density at radius 1 is 1.23 bits per heavy atom. The smallest absolute Gasteiger partial charge is 0.407 e. The molecule has 0 bridgehead atoms. The molecule has 22 heavy (non-hydrogen) atoms. The predicted molar refractivity (Wildman–Crippen MR) is 90.2 cm³/mol. The van der Waals surface area contributed by atoms with Gasteiger partial charge in [0.05, 0.1) is 0 Å². The van der Waals surface area contributed by atoms with Crippen LogP contribution in [0.3, 0.4) is 0 Å². The third-order valence-electron chi connectivity index (χ3n) is 3.05. The molecule has 0 aliphatic heterocycles. The molecule has 124 valence electrons. The van der Waals surface area contributed by atoms with Crippen LogP contribution >= 0.6 is 11.8 Å². The number of ether oxygens (including phenoxy) is 1. The van der Waals surface area contributed by atoms with Gasteiger partial charge in [-0.05, 0) is 38.9 Å². The molecule has 0 unspecified atom stereocenters. The number of carbonyl (C=O) groups is 1. The van der Waals surface area contributed by atoms with Crippen LogP contribution in [-0.4, -0.2) is 34.5 Å². The molecule has 1 heterocycles. The van der Waals surface area contributed by atoms with Gasteiger partial charge in [0.2, 0.25) is 0 Å². The van der Waals surface area contributed by atoms with Crippen molar-refractivity contribution in [3.8, 4) is 0 Å². The average molecular weight is 325 g/mol. The van der Waals surface area contributed by atoms with E-state index in [1.54, 1.807) is 11.8 Å². The van der Waals surface area contributed by atoms with Crippen molar-refractivity contribution in [1.29, 1.82) is 0 Å². The highest BCUT2D eigenvalue weighted by Gasteiger charge is 2.22. The molecule has 0 atom stereocenters. The first-order valence-corrected chi connectivity index (χ1v) is 8.65. The molecule has 1 amide bonds. The number of amides is 1. The highest BCUT2D eigenvalue weighted by Crippen LogP contribution is 2.21. The molecule has 5 nitrogen and oxygen atoms in total. The Hall–Kier alpha value is -1.30. The minimum absolute atomic E-state index is 0.0432. The number of carbonyl (C=O) groups excluding carboxylic acids is 1. The number of hydrogen-bond acceptors (Lipinski definition) is 5. The van der Waals surface area contributed by atoms with Gasteiger partial charge in [-0.2, -0.15) is 0 Å². The van der Waals surface area contributed by atoms with Gasteiger partial charge in [-0.25, -0.2) is 14.8 Å². The number of nitrogens with one attached hydrogen (secondary N) is 1. The summed E-state index contributed by atoms with van der Waals surface area (Å²) in [6.07, 6.45) is 7.00. The topological polar surface area (TPSA) is 64.1 Å². The van der Waals surface area contributed by atoms with Crippen LogP contribution in [0.4, 0.5) is 4.79 Å². The first-order valence-electron chi connectivity index (χ1n) is 7.43. The maximum absolute atomic E-state index is 11.7. The first-order chi connectivity index (χ1) is 10.1. The van der Waals surface area contributed by atoms with Crippen LogP contribution in [0.1, 0.15) is 46.9 Å². The Morgan fingerprint density at radius 3 is 2.32 bits per heavy atom. The summed E-state index contributed by atoms with van der Waals surface area (Å²) in [6, 6.07) is 0. The fraction of sp³-hybridized carbons (Fsp3) is 0.688. The lowest BCUT2D eigenvalue weighted by Gasteiger charge is -2.26. The number of aryl methyl sites for hydroxylation is 1. The van der Waals surface area contributed by atoms with Gasteiger partial charge in [0.1, 0.15) is 11.4 Å². The van der Waals surface area contributed by atoms with Crippen molar-refractivity contribution in [3.63, 3.8) is 0 Å². The monoisotopic (exact) mass is 325 g/mol. The van der Waals surface area contributed by atoms with Crippen molar-refractivity contribution in [2.24, 2.45) is 5.41 Å². The summed E-state index contributed by atoms with van der Waals surface area (Å²) in [7, 11) is 0. The second-order valence-electron chi connectivity index (χ2n) is 7.06. The van der Waals surface area contributed by atoms with Crippen LogP contribution in [0.25, 0.3) is 0 Å². The van der Waals surface area contributed by atoms with Crippen molar-refractivity contribution in [3.05, 3.63) is 18.2 Å². The van der Waals surface area contributed by atoms with Crippen LogP contribution in [0.15, 0.2) is 17.3 Å². The van der Waals surface area contributed by atoms with Crippen LogP contribution in [0.2, 0.25) is 0 Å². The second kappa shape index (κ2) is 7.81. The Morgan fingerprint density at radius 2 is 1.82 bits per heavy atom. The van der Waals surface area contributed by atoms with E-state index in [4.69, 9.17) is 4.74 Å². The van der Waals surface area contributed by atoms with Gasteiger partial charge in [0.15, 0.2) is 0 Å². The van der Waals surface area contributed by atoms with Crippen molar-refractivity contribution < 1.29 is 9.53 Å². The molecule has 1 N–H and O–H groups in total. The van der Waals surface area contributed by atoms with Crippen LogP contribution in [0.5, 0.6) is 0 Å². The van der Waals surface area contributed by atoms with Crippen LogP contribution < -0.4 is 5.32 Å². The number of hydrogen-bond donors (Lipinski definition) is 1. The largest absolute Gasteiger partial charge is 0.444 e. The number of thioether (sulfide) groups is 1. The molecule has 1 aromatic rings. The van der Waals surface area contributed by atoms with E-state index in [1.807, 2.05) is 39.4 Å². The average Bonchev–Trinajstić information content (AvgIpc) is 2.42. The Labute approximate surface area is 137 Å². The lowest BCUT2D eigenvalue weighted by Crippen LogP contribution is -2.38. The van der Waals surface area contributed by atoms with Gasteiger partial charge in [-0.15, -0.1) is 11.8 Å². The second-order valence-corrected chi connectivity index (χ2v) is 7.94. The van der Waals surface area contributed by atoms with E-state index in [1.165, 1.54) is 0 Å². The molecule has 0 spiro atoms. The summed E-state index contributed by atoms with van der Waals surface area (Å²) < 4.78 is 5.24. The summed E-state index contributed by atoms with van der Waals surface area (Å²) in [5.41, 5.74) is -0.514. The van der Waals surface area contributed by atoms with Crippen LogP contribution in [0, 0.1) is 5.41 Å². The zero-order valence-corrected chi connectivity index (χ0v) is 15.2. The molecular formula is C16H27N3O2S. The van der Waals surface area contributed by atoms with E-state index in [9.17, 15) is 4.79 Å². The summed E-state index contributed by atoms with van der Waals surface area (Å²) in [5, 5.41) is 2.83. The third-order valence-corrected chi connectivity index (χ3v) is 3.74. The summed E-state index contributed by atoms with van der Waals surface area (Å²) in [4.78, 5) is 21.5. The van der Waals surface area contributed by atoms with Crippen molar-refractivity contribution in [1.82, 2.24) is 15.3 Å². The molecule has 0 fully saturated rings. The molecule has 0 saturated heterocycles. The van der Waals surface area contributed by atoms with Gasteiger partial charge in [0, 0.05) is 30.3 Å². The first kappa shape index (κ1) is 18.7. The third kappa shape index (κ3) is 7.64. The molecule has 0 aliphatic rings. The molecule has 1 aromatic heterocycles. The normalized spacial score (nSPS) is 12.1. The fourth-order valence-electron chi connectivity index (χ4n) is 1.74. The number of nitrogens with zero attached hydrogens (tertiary/aromatic N) is 2. The van der Waals surface area contributed by atoms with Gasteiger partial charge >= 0.3 is 6.09 Å². The highest BCUT2D eigenvalue weighted by atomic mass is 32.2. The number of rotatable bonds is 6. The quantitative estimate of drug-likeness (QED) is 0.808. The molecule has 1 rings (SSSR count). The van der Waals surface area contributed by atoms with Gasteiger partial charge in [-0.3, -0.25) is 0 Å². The summed E-state index contributed by atoms with van der Waals surface area (Å²) in [6.45, 7) is 10.3. The standard InChI is InChI=1S/C16H27N3O2S/c1-15(2,3)21-14(20)19-11-16(4,5)8-7-13-17-9-12(22-6)10-18-13/h9-10H,7-8,11H2,1-6H3,(H,19,20). The highest BCUT2D eigenvalue weighted by molar-refractivity contribution is 7.98. The zero-order valence-electron chi connectivity index (χ0n) is 14.4. The van der Waals surface area contributed by atoms with E-state index in [0.717, 1.165) is 23.6 Å². The maximum Gasteiger partial charge on any atom is 0.407 e. The molecular weight excluding hydrogens is 298 g/mol. The Bertz CT molecular complexity index is 481. The van der Waals surface area contributed by atoms with E-state index < -0.39 is 5.60 Å². The van der Waals surface area contributed by atoms with Crippen molar-refractivity contribution in [2.45, 2.75) is 58.0 Å². The fourth-order valence-corrected chi connectivity index (χ4v) is 2.06. The lowest BCUT2D eigenvalue weighted by molar-refractivity contribution is 0.0504. The minimum Gasteiger partial charge on any atom is -0.444 e. The zero-order chi connectivity index (χ0) is 16.8. The SMILES string of the molecule is CSc1cnc(CCC(C)(C)CNC(=O)OC(C)(C)C)nc1. The van der Waals surface area contributed by atoms with Crippen molar-refractivity contribution in [2.75, 3.05) is 12.8 Å². The molecule has 0 radical (unpaired) electrons. The van der Waals surface area contributed by atoms with E-state index in [2.05, 4.69) is 29.1 Å². The maximum atomic E-state index is 11.7. The lowest BCUT2D eigenvalue weighted by atomic mass is 9.87. The van der Waals surface area contributed by atoms with E-state index in [-0.39, 0.29) is 11.5 Å². The van der Waals surface area contributed by atoms with E-state index in [0.29, 0.717) is 6.54 Å². The Balaban J connectivity index is 2.41. The predicted octanol–water partition coefficient (Wildman–Crippen LogP) is 3.68. The molecule has 6 heteroatoms. The number of alkyl carbamates (subject to hydrolysis) is 1. The van der Waals surface area contributed by atoms with Crippen molar-refractivity contribution >= 4 is 17.9 Å². The molecule has 0 aliphatic carbocycles. The molecule has 0 aromatic carbocycles. The van der Waals surface area contributed by atoms with Gasteiger partial charge < -0.3 is 10.1 Å². The number of aromatic nitrogens is 2. The minimum atomic E-state index is -0.471. The Kier molecular flexibility index (Phi) is 6.66. The molecule has 0 saturated carbocycles. The van der Waals surface area contributed by atoms with Gasteiger partial charge in [0.25, 0.3) is 0 Å². The van der Waals surface area contributed by atoms with E-state index >= 15 is 0 Å². The summed E-state index contributed by atoms with van der Waals surface area (Å²) in [5.74, 6) is 0.836. The summed E-state index contributed by atoms with van der Waals surface area (Å²) >= 11 is 1.63. The van der Waals surface area contributed by atoms with Crippen LogP contribution in [-0.2, 0) is 11.2 Å². The van der Waals surface area contributed by atoms with Gasteiger partial charge in [-0.1, -0.05) is 13.8 Å².